The first-order valence-electron chi connectivity index (χ1n) is 20.6. The molecule has 0 spiro atoms. The van der Waals surface area contributed by atoms with Gasteiger partial charge in [-0.25, -0.2) is 0 Å². The maximum Gasteiger partial charge on any atom is 0.136 e. The Bertz CT molecular complexity index is 3610. The van der Waals surface area contributed by atoms with Gasteiger partial charge in [-0.2, -0.15) is 0 Å². The topological polar surface area (TPSA) is 16.4 Å². The van der Waals surface area contributed by atoms with Crippen molar-refractivity contribution in [2.45, 2.75) is 0 Å². The minimum atomic E-state index is 0.887. The molecule has 0 bridgehead atoms. The van der Waals surface area contributed by atoms with Crippen LogP contribution in [0.3, 0.4) is 0 Å². The summed E-state index contributed by atoms with van der Waals surface area (Å²) in [5.41, 5.74) is 12.1. The highest BCUT2D eigenvalue weighted by Crippen LogP contribution is 2.44. The zero-order chi connectivity index (χ0) is 39.6. The lowest BCUT2D eigenvalue weighted by atomic mass is 9.93. The fourth-order valence-electron chi connectivity index (χ4n) is 9.25. The molecule has 0 saturated heterocycles. The summed E-state index contributed by atoms with van der Waals surface area (Å²) in [7, 11) is 0. The Morgan fingerprint density at radius 2 is 0.883 bits per heavy atom. The third-order valence-electron chi connectivity index (χ3n) is 12.2. The molecule has 0 saturated carbocycles. The van der Waals surface area contributed by atoms with Crippen molar-refractivity contribution in [1.82, 2.24) is 0 Å². The third kappa shape index (κ3) is 5.73. The van der Waals surface area contributed by atoms with Crippen LogP contribution in [0.5, 0.6) is 0 Å². The number of benzene rings is 11. The van der Waals surface area contributed by atoms with E-state index in [1.165, 1.54) is 65.3 Å². The Balaban J connectivity index is 1.03. The summed E-state index contributed by atoms with van der Waals surface area (Å²) in [5.74, 6) is 0. The summed E-state index contributed by atoms with van der Waals surface area (Å²) in [6, 6.07) is 81.5. The fourth-order valence-corrected chi connectivity index (χ4v) is 9.25. The highest BCUT2D eigenvalue weighted by atomic mass is 16.3. The summed E-state index contributed by atoms with van der Waals surface area (Å²) in [5, 5.41) is 12.1. The second-order valence-corrected chi connectivity index (χ2v) is 15.7. The standard InChI is InChI=1S/C58H37NO/c1-2-13-40-32-44(25-24-38(40)12-1)41-17-11-18-48(33-41)59(47-29-26-39(27-30-47)53-35-45-16-5-6-19-49(45)51-21-7-8-22-52(51)53)56-23-10-9-20-50(56)46-28-31-57-54(36-46)55-34-42-14-3-4-15-43(42)37-58(55)60-57/h1-37H. The third-order valence-corrected chi connectivity index (χ3v) is 12.2. The molecule has 0 radical (unpaired) electrons. The van der Waals surface area contributed by atoms with Gasteiger partial charge in [0.05, 0.1) is 5.69 Å². The van der Waals surface area contributed by atoms with E-state index in [-0.39, 0.29) is 0 Å². The molecule has 0 aliphatic rings. The number of furan rings is 1. The van der Waals surface area contributed by atoms with Gasteiger partial charge in [0.1, 0.15) is 11.2 Å². The minimum Gasteiger partial charge on any atom is -0.456 e. The maximum absolute atomic E-state index is 6.44. The van der Waals surface area contributed by atoms with Gasteiger partial charge in [-0.15, -0.1) is 0 Å². The van der Waals surface area contributed by atoms with E-state index >= 15 is 0 Å². The second-order valence-electron chi connectivity index (χ2n) is 15.7. The maximum atomic E-state index is 6.44. The smallest absolute Gasteiger partial charge is 0.136 e. The number of fused-ring (bicyclic) bond motifs is 8. The monoisotopic (exact) mass is 763 g/mol. The fraction of sp³-hybridized carbons (Fsp3) is 0. The zero-order valence-electron chi connectivity index (χ0n) is 32.7. The molecule has 2 heteroatoms. The van der Waals surface area contributed by atoms with Crippen molar-refractivity contribution in [1.29, 1.82) is 0 Å². The lowest BCUT2D eigenvalue weighted by Gasteiger charge is -2.28. The number of anilines is 3. The molecular weight excluding hydrogens is 727 g/mol. The first-order chi connectivity index (χ1) is 29.7. The van der Waals surface area contributed by atoms with Gasteiger partial charge in [-0.05, 0) is 138 Å². The van der Waals surface area contributed by atoms with Crippen molar-refractivity contribution in [3.8, 4) is 33.4 Å². The highest BCUT2D eigenvalue weighted by molar-refractivity contribution is 6.14. The lowest BCUT2D eigenvalue weighted by molar-refractivity contribution is 0.669. The van der Waals surface area contributed by atoms with Gasteiger partial charge in [-0.3, -0.25) is 0 Å². The van der Waals surface area contributed by atoms with Crippen molar-refractivity contribution >= 4 is 82.1 Å². The van der Waals surface area contributed by atoms with Gasteiger partial charge in [0.15, 0.2) is 0 Å². The number of rotatable bonds is 6. The zero-order valence-corrected chi connectivity index (χ0v) is 32.7. The predicted octanol–water partition coefficient (Wildman–Crippen LogP) is 16.7. The Labute approximate surface area is 347 Å². The molecule has 280 valence electrons. The average molecular weight is 764 g/mol. The van der Waals surface area contributed by atoms with Crippen LogP contribution in [0.4, 0.5) is 17.1 Å². The first kappa shape index (κ1) is 34.1. The molecule has 0 fully saturated rings. The number of hydrogen-bond donors (Lipinski definition) is 0. The molecule has 0 N–H and O–H groups in total. The molecule has 12 aromatic rings. The summed E-state index contributed by atoms with van der Waals surface area (Å²) in [6.07, 6.45) is 0. The van der Waals surface area contributed by atoms with E-state index in [4.69, 9.17) is 4.42 Å². The van der Waals surface area contributed by atoms with E-state index in [1.807, 2.05) is 0 Å². The molecule has 60 heavy (non-hydrogen) atoms. The molecule has 0 aliphatic heterocycles. The van der Waals surface area contributed by atoms with Gasteiger partial charge in [0.2, 0.25) is 0 Å². The molecule has 0 unspecified atom stereocenters. The van der Waals surface area contributed by atoms with E-state index in [2.05, 4.69) is 229 Å². The molecule has 1 heterocycles. The van der Waals surface area contributed by atoms with E-state index < -0.39 is 0 Å². The van der Waals surface area contributed by atoms with E-state index in [1.54, 1.807) is 0 Å². The minimum absolute atomic E-state index is 0.887. The van der Waals surface area contributed by atoms with E-state index in [9.17, 15) is 0 Å². The Morgan fingerprint density at radius 1 is 0.267 bits per heavy atom. The van der Waals surface area contributed by atoms with Crippen LogP contribution in [0.2, 0.25) is 0 Å². The van der Waals surface area contributed by atoms with Crippen molar-refractivity contribution in [3.63, 3.8) is 0 Å². The summed E-state index contributed by atoms with van der Waals surface area (Å²) < 4.78 is 6.44. The molecule has 11 aromatic carbocycles. The SMILES string of the molecule is c1cc(-c2ccc3ccccc3c2)cc(N(c2ccc(-c3cc4ccccc4c4ccccc34)cc2)c2ccccc2-c2ccc3oc4cc5ccccc5cc4c3c2)c1. The van der Waals surface area contributed by atoms with Crippen molar-refractivity contribution in [3.05, 3.63) is 224 Å². The van der Waals surface area contributed by atoms with Crippen LogP contribution in [0.25, 0.3) is 98.4 Å². The van der Waals surface area contributed by atoms with E-state index in [0.29, 0.717) is 0 Å². The Morgan fingerprint density at radius 3 is 1.72 bits per heavy atom. The highest BCUT2D eigenvalue weighted by Gasteiger charge is 2.20. The van der Waals surface area contributed by atoms with Crippen LogP contribution < -0.4 is 4.90 Å². The first-order valence-corrected chi connectivity index (χ1v) is 20.6. The lowest BCUT2D eigenvalue weighted by Crippen LogP contribution is -2.11. The van der Waals surface area contributed by atoms with Crippen molar-refractivity contribution in [2.75, 3.05) is 4.90 Å². The number of para-hydroxylation sites is 1. The molecule has 2 nitrogen and oxygen atoms in total. The van der Waals surface area contributed by atoms with Crippen LogP contribution in [-0.2, 0) is 0 Å². The molecule has 12 rings (SSSR count). The van der Waals surface area contributed by atoms with Crippen LogP contribution in [0.1, 0.15) is 0 Å². The summed E-state index contributed by atoms with van der Waals surface area (Å²) in [4.78, 5) is 2.41. The van der Waals surface area contributed by atoms with Gasteiger partial charge >= 0.3 is 0 Å². The summed E-state index contributed by atoms with van der Waals surface area (Å²) in [6.45, 7) is 0. The summed E-state index contributed by atoms with van der Waals surface area (Å²) >= 11 is 0. The predicted molar refractivity (Wildman–Crippen MR) is 255 cm³/mol. The van der Waals surface area contributed by atoms with Crippen LogP contribution in [0, 0.1) is 0 Å². The van der Waals surface area contributed by atoms with Gasteiger partial charge in [0.25, 0.3) is 0 Å². The van der Waals surface area contributed by atoms with Crippen molar-refractivity contribution < 1.29 is 4.42 Å². The van der Waals surface area contributed by atoms with Crippen LogP contribution >= 0.6 is 0 Å². The van der Waals surface area contributed by atoms with Crippen LogP contribution in [-0.4, -0.2) is 0 Å². The molecule has 0 amide bonds. The number of nitrogens with zero attached hydrogens (tertiary/aromatic N) is 1. The average Bonchev–Trinajstić information content (AvgIpc) is 3.67. The largest absolute Gasteiger partial charge is 0.456 e. The molecule has 0 aliphatic carbocycles. The number of hydrogen-bond acceptors (Lipinski definition) is 2. The normalized spacial score (nSPS) is 11.7. The van der Waals surface area contributed by atoms with E-state index in [0.717, 1.165) is 50.1 Å². The second kappa shape index (κ2) is 13.9. The quantitative estimate of drug-likeness (QED) is 0.157. The Hall–Kier alpha value is -7.94. The van der Waals surface area contributed by atoms with Gasteiger partial charge in [-0.1, -0.05) is 158 Å². The van der Waals surface area contributed by atoms with Crippen LogP contribution in [0.15, 0.2) is 229 Å². The molecule has 1 aromatic heterocycles. The van der Waals surface area contributed by atoms with Gasteiger partial charge in [0, 0.05) is 27.7 Å². The molecule has 0 atom stereocenters. The molecular formula is C58H37NO. The Kier molecular flexibility index (Phi) is 7.89. The van der Waals surface area contributed by atoms with Gasteiger partial charge < -0.3 is 9.32 Å². The van der Waals surface area contributed by atoms with Crippen molar-refractivity contribution in [2.24, 2.45) is 0 Å².